The van der Waals surface area contributed by atoms with Crippen molar-refractivity contribution in [2.75, 3.05) is 11.9 Å². The van der Waals surface area contributed by atoms with Crippen LogP contribution in [-0.2, 0) is 28.7 Å². The molecule has 0 saturated carbocycles. The third-order valence-electron chi connectivity index (χ3n) is 6.68. The Hall–Kier alpha value is -5.27. The van der Waals surface area contributed by atoms with Gasteiger partial charge in [0.2, 0.25) is 17.7 Å². The van der Waals surface area contributed by atoms with Gasteiger partial charge in [-0.05, 0) is 48.1 Å². The van der Waals surface area contributed by atoms with Crippen molar-refractivity contribution in [2.45, 2.75) is 56.8 Å². The number of hydrogen-bond donors (Lipinski definition) is 4. The number of carbonyl (C=O) groups excluding carboxylic acids is 5. The van der Waals surface area contributed by atoms with Crippen LogP contribution in [0.3, 0.4) is 0 Å². The van der Waals surface area contributed by atoms with Crippen molar-refractivity contribution in [2.24, 2.45) is 5.73 Å². The summed E-state index contributed by atoms with van der Waals surface area (Å²) >= 11 is 0. The number of carbonyl (C=O) groups is 5. The van der Waals surface area contributed by atoms with Crippen molar-refractivity contribution in [1.29, 1.82) is 0 Å². The average Bonchev–Trinajstić information content (AvgIpc) is 3.03. The first-order chi connectivity index (χ1) is 21.9. The first-order valence-corrected chi connectivity index (χ1v) is 14.4. The van der Waals surface area contributed by atoms with Gasteiger partial charge >= 0.3 is 18.1 Å². The summed E-state index contributed by atoms with van der Waals surface area (Å²) in [4.78, 5) is 65.3. The normalized spacial score (nSPS) is 12.3. The number of anilines is 1. The minimum absolute atomic E-state index is 0.0561. The van der Waals surface area contributed by atoms with Gasteiger partial charge in [-0.3, -0.25) is 19.2 Å². The number of ether oxygens (including phenoxy) is 1. The van der Waals surface area contributed by atoms with E-state index in [1.54, 1.807) is 42.6 Å². The van der Waals surface area contributed by atoms with Gasteiger partial charge in [-0.25, -0.2) is 9.78 Å². The van der Waals surface area contributed by atoms with Gasteiger partial charge in [-0.1, -0.05) is 60.7 Å². The zero-order valence-corrected chi connectivity index (χ0v) is 24.7. The quantitative estimate of drug-likeness (QED) is 0.104. The highest BCUT2D eigenvalue weighted by Gasteiger charge is 2.42. The molecule has 0 radical (unpaired) electrons. The lowest BCUT2D eigenvalue weighted by Crippen LogP contribution is -2.48. The average molecular weight is 642 g/mol. The van der Waals surface area contributed by atoms with E-state index in [-0.39, 0.29) is 19.3 Å². The van der Waals surface area contributed by atoms with Crippen molar-refractivity contribution >= 4 is 35.5 Å². The molecule has 46 heavy (non-hydrogen) atoms. The van der Waals surface area contributed by atoms with Gasteiger partial charge < -0.3 is 26.4 Å². The number of primary amides is 1. The van der Waals surface area contributed by atoms with E-state index in [2.05, 4.69) is 25.7 Å². The third kappa shape index (κ3) is 12.0. The highest BCUT2D eigenvalue weighted by atomic mass is 19.4. The number of esters is 2. The predicted octanol–water partition coefficient (Wildman–Crippen LogP) is 3.96. The molecule has 1 heterocycles. The number of unbranched alkanes of at least 4 members (excludes halogenated alkanes) is 1. The first kappa shape index (κ1) is 35.2. The molecule has 244 valence electrons. The molecule has 0 bridgehead atoms. The standard InChI is InChI=1S/C32H34F3N5O6/c33-32(34,35)31(45)46-29(43)20-25(23-14-12-22(13-15-23)21-8-2-1-3-9-21)40-30(44)24(16-17-26(36)41)39-28(42)11-5-7-19-38-27-10-4-6-18-37-27/h1-4,6,8-10,12-15,18,24-25H,5,7,11,16-17,19-20H2,(H2,36,41)(H,37,38)(H,39,42)(H,40,44)/t24-,25?/m0/s1. The molecule has 0 aliphatic rings. The molecule has 0 saturated heterocycles. The van der Waals surface area contributed by atoms with E-state index in [9.17, 15) is 37.1 Å². The van der Waals surface area contributed by atoms with Crippen LogP contribution in [0, 0.1) is 0 Å². The fourth-order valence-electron chi connectivity index (χ4n) is 4.35. The van der Waals surface area contributed by atoms with Gasteiger partial charge in [-0.2, -0.15) is 13.2 Å². The van der Waals surface area contributed by atoms with Crippen LogP contribution >= 0.6 is 0 Å². The number of nitrogens with one attached hydrogen (secondary N) is 3. The minimum atomic E-state index is -5.40. The Kier molecular flexibility index (Phi) is 13.2. The van der Waals surface area contributed by atoms with E-state index >= 15 is 0 Å². The van der Waals surface area contributed by atoms with Gasteiger partial charge in [0.25, 0.3) is 0 Å². The van der Waals surface area contributed by atoms with Gasteiger partial charge in [0.05, 0.1) is 12.5 Å². The predicted molar refractivity (Wildman–Crippen MR) is 161 cm³/mol. The van der Waals surface area contributed by atoms with E-state index in [1.165, 1.54) is 0 Å². The number of nitrogens with two attached hydrogens (primary N) is 1. The molecule has 3 rings (SSSR count). The SMILES string of the molecule is NC(=O)CC[C@H](NC(=O)CCCCNc1ccccn1)C(=O)NC(CC(=O)OC(=O)C(F)(F)F)c1ccc(-c2ccccc2)cc1. The zero-order chi connectivity index (χ0) is 33.5. The number of halogens is 3. The van der Waals surface area contributed by atoms with Crippen LogP contribution in [0.15, 0.2) is 79.0 Å². The maximum Gasteiger partial charge on any atom is 0.491 e. The molecular formula is C32H34F3N5O6. The maximum absolute atomic E-state index is 13.4. The number of rotatable bonds is 16. The van der Waals surface area contributed by atoms with Crippen molar-refractivity contribution in [1.82, 2.24) is 15.6 Å². The highest BCUT2D eigenvalue weighted by Crippen LogP contribution is 2.25. The monoisotopic (exact) mass is 641 g/mol. The molecule has 2 atom stereocenters. The lowest BCUT2D eigenvalue weighted by molar-refractivity contribution is -0.202. The number of nitrogens with zero attached hydrogens (tertiary/aromatic N) is 1. The summed E-state index contributed by atoms with van der Waals surface area (Å²) in [6.45, 7) is 0.549. The van der Waals surface area contributed by atoms with E-state index in [1.807, 2.05) is 36.4 Å². The molecule has 3 aromatic rings. The van der Waals surface area contributed by atoms with Crippen LogP contribution in [0.4, 0.5) is 19.0 Å². The second kappa shape index (κ2) is 17.3. The smallest absolute Gasteiger partial charge is 0.386 e. The topological polar surface area (TPSA) is 170 Å². The van der Waals surface area contributed by atoms with Crippen molar-refractivity contribution in [3.05, 3.63) is 84.6 Å². The molecule has 5 N–H and O–H groups in total. The molecule has 3 amide bonds. The lowest BCUT2D eigenvalue weighted by Gasteiger charge is -2.23. The number of aromatic nitrogens is 1. The Labute approximate surface area is 263 Å². The van der Waals surface area contributed by atoms with Crippen LogP contribution in [0.5, 0.6) is 0 Å². The fourth-order valence-corrected chi connectivity index (χ4v) is 4.35. The maximum atomic E-state index is 13.4. The molecule has 0 aliphatic heterocycles. The summed E-state index contributed by atoms with van der Waals surface area (Å²) in [5.41, 5.74) is 7.22. The fraction of sp³-hybridized carbons (Fsp3) is 0.312. The molecule has 1 unspecified atom stereocenters. The first-order valence-electron chi connectivity index (χ1n) is 14.4. The molecule has 11 nitrogen and oxygen atoms in total. The van der Waals surface area contributed by atoms with E-state index < -0.39 is 54.3 Å². The van der Waals surface area contributed by atoms with Crippen LogP contribution in [0.1, 0.15) is 50.1 Å². The molecule has 0 aliphatic carbocycles. The molecular weight excluding hydrogens is 607 g/mol. The Morgan fingerprint density at radius 2 is 1.50 bits per heavy atom. The molecule has 1 aromatic heterocycles. The van der Waals surface area contributed by atoms with Crippen LogP contribution < -0.4 is 21.7 Å². The number of alkyl halides is 3. The number of pyridine rings is 1. The van der Waals surface area contributed by atoms with Crippen LogP contribution in [0.2, 0.25) is 0 Å². The molecule has 2 aromatic carbocycles. The Balaban J connectivity index is 1.70. The summed E-state index contributed by atoms with van der Waals surface area (Å²) < 4.78 is 42.0. The van der Waals surface area contributed by atoms with Gasteiger partial charge in [0.15, 0.2) is 0 Å². The van der Waals surface area contributed by atoms with Gasteiger partial charge in [0, 0.05) is 25.6 Å². The summed E-state index contributed by atoms with van der Waals surface area (Å²) in [5, 5.41) is 8.22. The van der Waals surface area contributed by atoms with Crippen molar-refractivity contribution < 1.29 is 41.9 Å². The van der Waals surface area contributed by atoms with Gasteiger partial charge in [-0.15, -0.1) is 0 Å². The summed E-state index contributed by atoms with van der Waals surface area (Å²) in [6, 6.07) is 18.6. The van der Waals surface area contributed by atoms with E-state index in [4.69, 9.17) is 5.73 Å². The molecule has 14 heteroatoms. The molecule has 0 spiro atoms. The van der Waals surface area contributed by atoms with Crippen molar-refractivity contribution in [3.63, 3.8) is 0 Å². The Morgan fingerprint density at radius 1 is 0.826 bits per heavy atom. The summed E-state index contributed by atoms with van der Waals surface area (Å²) in [7, 11) is 0. The number of hydrogen-bond acceptors (Lipinski definition) is 8. The van der Waals surface area contributed by atoms with Crippen LogP contribution in [0.25, 0.3) is 11.1 Å². The number of amides is 3. The highest BCUT2D eigenvalue weighted by molar-refractivity contribution is 5.90. The second-order valence-corrected chi connectivity index (χ2v) is 10.2. The Morgan fingerprint density at radius 3 is 2.13 bits per heavy atom. The minimum Gasteiger partial charge on any atom is -0.386 e. The largest absolute Gasteiger partial charge is 0.491 e. The van der Waals surface area contributed by atoms with Gasteiger partial charge in [0.1, 0.15) is 11.9 Å². The summed E-state index contributed by atoms with van der Waals surface area (Å²) in [5.74, 6) is -5.57. The van der Waals surface area contributed by atoms with E-state index in [0.29, 0.717) is 30.8 Å². The van der Waals surface area contributed by atoms with Crippen LogP contribution in [-0.4, -0.2) is 53.4 Å². The number of benzene rings is 2. The zero-order valence-electron chi connectivity index (χ0n) is 24.7. The lowest BCUT2D eigenvalue weighted by atomic mass is 9.98. The Bertz CT molecular complexity index is 1470. The summed E-state index contributed by atoms with van der Waals surface area (Å²) in [6.07, 6.45) is -3.89. The van der Waals surface area contributed by atoms with Crippen molar-refractivity contribution in [3.8, 4) is 11.1 Å². The second-order valence-electron chi connectivity index (χ2n) is 10.2. The van der Waals surface area contributed by atoms with E-state index in [0.717, 1.165) is 11.1 Å². The third-order valence-corrected chi connectivity index (χ3v) is 6.68. The molecule has 0 fully saturated rings.